The van der Waals surface area contributed by atoms with Crippen LogP contribution in [0.25, 0.3) is 0 Å². The van der Waals surface area contributed by atoms with E-state index < -0.39 is 0 Å². The van der Waals surface area contributed by atoms with Crippen molar-refractivity contribution >= 4 is 11.7 Å². The minimum atomic E-state index is 0.122. The lowest BCUT2D eigenvalue weighted by Gasteiger charge is -2.40. The molecule has 0 N–H and O–H groups in total. The number of ketones is 1. The van der Waals surface area contributed by atoms with Crippen LogP contribution >= 0.6 is 0 Å². The molecule has 3 fully saturated rings. The average molecular weight is 264 g/mol. The number of Topliss-reactive ketones (excluding diaryl/α,β-unsaturated/α-hetero) is 1. The molecule has 3 rings (SSSR count). The molecule has 1 unspecified atom stereocenters. The molecule has 1 aliphatic heterocycles. The normalized spacial score (nSPS) is 36.4. The first-order chi connectivity index (χ1) is 9.15. The highest BCUT2D eigenvalue weighted by Gasteiger charge is 2.42. The Labute approximate surface area is 115 Å². The first-order valence-corrected chi connectivity index (χ1v) is 7.66. The van der Waals surface area contributed by atoms with Crippen molar-refractivity contribution in [3.8, 4) is 0 Å². The summed E-state index contributed by atoms with van der Waals surface area (Å²) in [4.78, 5) is 28.9. The van der Waals surface area contributed by atoms with Crippen LogP contribution in [-0.4, -0.2) is 54.7 Å². The topological polar surface area (TPSA) is 40.6 Å². The Morgan fingerprint density at radius 1 is 1.05 bits per heavy atom. The molecule has 3 atom stereocenters. The van der Waals surface area contributed by atoms with Gasteiger partial charge in [0.15, 0.2) is 0 Å². The van der Waals surface area contributed by atoms with Gasteiger partial charge in [-0.1, -0.05) is 6.42 Å². The predicted octanol–water partition coefficient (Wildman–Crippen LogP) is 1.16. The van der Waals surface area contributed by atoms with E-state index in [9.17, 15) is 9.59 Å². The van der Waals surface area contributed by atoms with E-state index >= 15 is 0 Å². The van der Waals surface area contributed by atoms with Gasteiger partial charge < -0.3 is 9.80 Å². The maximum Gasteiger partial charge on any atom is 0.225 e. The zero-order chi connectivity index (χ0) is 13.4. The molecule has 0 radical (unpaired) electrons. The third-order valence-electron chi connectivity index (χ3n) is 5.21. The van der Waals surface area contributed by atoms with Crippen LogP contribution in [0.5, 0.6) is 0 Å². The number of carbonyl (C=O) groups is 2. The summed E-state index contributed by atoms with van der Waals surface area (Å²) in [5, 5.41) is 0. The summed E-state index contributed by atoms with van der Waals surface area (Å²) in [6, 6.07) is 0. The standard InChI is InChI=1S/C15H24N2O2/c1-16-5-7-17(8-6-16)15(19)13-9-11-3-2-4-12(10-13)14(11)18/h11-13H,2-10H2,1H3/t11-,12+,13?. The molecular weight excluding hydrogens is 240 g/mol. The Kier molecular flexibility index (Phi) is 3.61. The smallest absolute Gasteiger partial charge is 0.225 e. The molecule has 2 bridgehead atoms. The van der Waals surface area contributed by atoms with Crippen molar-refractivity contribution in [1.29, 1.82) is 0 Å². The number of amides is 1. The van der Waals surface area contributed by atoms with Crippen LogP contribution in [-0.2, 0) is 9.59 Å². The molecule has 2 aliphatic carbocycles. The number of carbonyl (C=O) groups excluding carboxylic acids is 2. The van der Waals surface area contributed by atoms with Crippen molar-refractivity contribution in [2.45, 2.75) is 32.1 Å². The van der Waals surface area contributed by atoms with E-state index in [0.29, 0.717) is 11.7 Å². The summed E-state index contributed by atoms with van der Waals surface area (Å²) >= 11 is 0. The monoisotopic (exact) mass is 264 g/mol. The number of fused-ring (bicyclic) bond motifs is 2. The lowest BCUT2D eigenvalue weighted by Crippen LogP contribution is -2.51. The summed E-state index contributed by atoms with van der Waals surface area (Å²) < 4.78 is 0. The van der Waals surface area contributed by atoms with Crippen LogP contribution in [0, 0.1) is 17.8 Å². The first kappa shape index (κ1) is 13.1. The Morgan fingerprint density at radius 3 is 2.21 bits per heavy atom. The third kappa shape index (κ3) is 2.55. The van der Waals surface area contributed by atoms with Crippen molar-refractivity contribution in [3.05, 3.63) is 0 Å². The van der Waals surface area contributed by atoms with Gasteiger partial charge in [0.05, 0.1) is 0 Å². The lowest BCUT2D eigenvalue weighted by molar-refractivity contribution is -0.144. The first-order valence-electron chi connectivity index (χ1n) is 7.66. The SMILES string of the molecule is CN1CCN(C(=O)C2C[C@H]3CCC[C@@H](C2)C3=O)CC1. The fourth-order valence-corrected chi connectivity index (χ4v) is 3.97. The van der Waals surface area contributed by atoms with Gasteiger partial charge in [-0.05, 0) is 32.7 Å². The zero-order valence-corrected chi connectivity index (χ0v) is 11.8. The van der Waals surface area contributed by atoms with E-state index in [-0.39, 0.29) is 17.8 Å². The Morgan fingerprint density at radius 2 is 1.63 bits per heavy atom. The molecule has 19 heavy (non-hydrogen) atoms. The summed E-state index contributed by atoms with van der Waals surface area (Å²) in [6.45, 7) is 3.67. The van der Waals surface area contributed by atoms with Gasteiger partial charge in [-0.25, -0.2) is 0 Å². The van der Waals surface area contributed by atoms with Crippen LogP contribution in [0.4, 0.5) is 0 Å². The third-order valence-corrected chi connectivity index (χ3v) is 5.21. The van der Waals surface area contributed by atoms with Gasteiger partial charge >= 0.3 is 0 Å². The predicted molar refractivity (Wildman–Crippen MR) is 72.6 cm³/mol. The number of hydrogen-bond acceptors (Lipinski definition) is 3. The molecule has 1 heterocycles. The number of rotatable bonds is 1. The number of hydrogen-bond donors (Lipinski definition) is 0. The second kappa shape index (κ2) is 5.23. The summed E-state index contributed by atoms with van der Waals surface area (Å²) in [7, 11) is 2.10. The van der Waals surface area contributed by atoms with E-state index in [2.05, 4.69) is 11.9 Å². The quantitative estimate of drug-likeness (QED) is 0.713. The molecule has 0 aromatic heterocycles. The fourth-order valence-electron chi connectivity index (χ4n) is 3.97. The number of nitrogens with zero attached hydrogens (tertiary/aromatic N) is 2. The van der Waals surface area contributed by atoms with E-state index in [4.69, 9.17) is 0 Å². The summed E-state index contributed by atoms with van der Waals surface area (Å²) in [5.74, 6) is 1.27. The zero-order valence-electron chi connectivity index (χ0n) is 11.8. The van der Waals surface area contributed by atoms with Crippen LogP contribution in [0.3, 0.4) is 0 Å². The van der Waals surface area contributed by atoms with Gasteiger partial charge in [-0.15, -0.1) is 0 Å². The molecule has 3 aliphatic rings. The molecular formula is C15H24N2O2. The van der Waals surface area contributed by atoms with Crippen molar-refractivity contribution in [1.82, 2.24) is 9.80 Å². The number of likely N-dealkylation sites (N-methyl/N-ethyl adjacent to an activating group) is 1. The van der Waals surface area contributed by atoms with Gasteiger partial charge in [0.25, 0.3) is 0 Å². The Balaban J connectivity index is 1.63. The van der Waals surface area contributed by atoms with E-state index in [0.717, 1.165) is 51.9 Å². The molecule has 0 spiro atoms. The van der Waals surface area contributed by atoms with E-state index in [1.165, 1.54) is 6.42 Å². The van der Waals surface area contributed by atoms with E-state index in [1.807, 2.05) is 4.90 Å². The Bertz CT molecular complexity index is 358. The molecule has 0 aromatic carbocycles. The molecule has 2 saturated carbocycles. The highest BCUT2D eigenvalue weighted by Crippen LogP contribution is 2.40. The average Bonchev–Trinajstić information content (AvgIpc) is 2.38. The number of piperazine rings is 1. The van der Waals surface area contributed by atoms with Crippen molar-refractivity contribution in [2.24, 2.45) is 17.8 Å². The van der Waals surface area contributed by atoms with Crippen LogP contribution in [0.15, 0.2) is 0 Å². The lowest BCUT2D eigenvalue weighted by atomic mass is 9.67. The Hall–Kier alpha value is -0.900. The largest absolute Gasteiger partial charge is 0.340 e. The van der Waals surface area contributed by atoms with Crippen molar-refractivity contribution in [2.75, 3.05) is 33.2 Å². The van der Waals surface area contributed by atoms with Gasteiger partial charge in [0.2, 0.25) is 5.91 Å². The van der Waals surface area contributed by atoms with Crippen LogP contribution in [0.1, 0.15) is 32.1 Å². The van der Waals surface area contributed by atoms with Gasteiger partial charge in [-0.3, -0.25) is 9.59 Å². The summed E-state index contributed by atoms with van der Waals surface area (Å²) in [5.41, 5.74) is 0. The molecule has 0 aromatic rings. The maximum absolute atomic E-state index is 12.6. The molecule has 1 saturated heterocycles. The maximum atomic E-state index is 12.6. The second-order valence-corrected chi connectivity index (χ2v) is 6.52. The van der Waals surface area contributed by atoms with Crippen LogP contribution in [0.2, 0.25) is 0 Å². The van der Waals surface area contributed by atoms with Gasteiger partial charge in [-0.2, -0.15) is 0 Å². The molecule has 4 heteroatoms. The van der Waals surface area contributed by atoms with Gasteiger partial charge in [0, 0.05) is 43.9 Å². The molecule has 1 amide bonds. The highest BCUT2D eigenvalue weighted by molar-refractivity contribution is 5.88. The van der Waals surface area contributed by atoms with E-state index in [1.54, 1.807) is 0 Å². The van der Waals surface area contributed by atoms with Crippen LogP contribution < -0.4 is 0 Å². The van der Waals surface area contributed by atoms with Crippen molar-refractivity contribution in [3.63, 3.8) is 0 Å². The minimum Gasteiger partial charge on any atom is -0.340 e. The van der Waals surface area contributed by atoms with Crippen molar-refractivity contribution < 1.29 is 9.59 Å². The van der Waals surface area contributed by atoms with Gasteiger partial charge in [0.1, 0.15) is 5.78 Å². The minimum absolute atomic E-state index is 0.122. The molecule has 106 valence electrons. The second-order valence-electron chi connectivity index (χ2n) is 6.52. The fraction of sp³-hybridized carbons (Fsp3) is 0.867. The molecule has 4 nitrogen and oxygen atoms in total. The highest BCUT2D eigenvalue weighted by atomic mass is 16.2. The summed E-state index contributed by atoms with van der Waals surface area (Å²) in [6.07, 6.45) is 4.85.